The van der Waals surface area contributed by atoms with E-state index >= 15 is 0 Å². The lowest BCUT2D eigenvalue weighted by Crippen LogP contribution is -2.34. The van der Waals surface area contributed by atoms with Gasteiger partial charge in [0.15, 0.2) is 0 Å². The number of primary amides is 1. The fraction of sp³-hybridized carbons (Fsp3) is 0.412. The van der Waals surface area contributed by atoms with E-state index in [1.165, 1.54) is 6.20 Å². The van der Waals surface area contributed by atoms with Crippen LogP contribution in [-0.2, 0) is 11.0 Å². The first kappa shape index (κ1) is 20.7. The molecule has 0 radical (unpaired) electrons. The van der Waals surface area contributed by atoms with Gasteiger partial charge in [-0.1, -0.05) is 0 Å². The Morgan fingerprint density at radius 1 is 1.26 bits per heavy atom. The number of aliphatic hydroxyl groups excluding tert-OH is 1. The zero-order valence-electron chi connectivity index (χ0n) is 14.2. The van der Waals surface area contributed by atoms with Gasteiger partial charge in [-0.05, 0) is 43.9 Å². The van der Waals surface area contributed by atoms with Gasteiger partial charge in [-0.15, -0.1) is 0 Å². The maximum absolute atomic E-state index is 13.6. The molecule has 1 aromatic carbocycles. The second kappa shape index (κ2) is 8.38. The predicted octanol–water partition coefficient (Wildman–Crippen LogP) is 2.50. The topological polar surface area (TPSA) is 111 Å². The number of nitrogens with one attached hydrogen (secondary N) is 3. The summed E-state index contributed by atoms with van der Waals surface area (Å²) in [5, 5.41) is 22.7. The highest BCUT2D eigenvalue weighted by Crippen LogP contribution is 2.32. The standard InChI is InChI=1S/C17H20F4N4O2/c18-14-7-10(3-6-13(14)17(19,20)21)25-15(22)12(16(23)27)8-24-9-1-4-11(26)5-2-9/h3,6-9,11,24,26H,1-2,4-5H2,(H2,22,25)(H2,23,27)/b12-8+/t9-,11+. The maximum atomic E-state index is 13.6. The number of carbonyl (C=O) groups excluding carboxylic acids is 1. The fourth-order valence-corrected chi connectivity index (χ4v) is 2.74. The molecule has 0 aromatic heterocycles. The molecule has 0 spiro atoms. The Kier molecular flexibility index (Phi) is 6.42. The van der Waals surface area contributed by atoms with Gasteiger partial charge in [-0.25, -0.2) is 4.39 Å². The quantitative estimate of drug-likeness (QED) is 0.231. The smallest absolute Gasteiger partial charge is 0.393 e. The second-order valence-corrected chi connectivity index (χ2v) is 6.29. The number of nitrogens with two attached hydrogens (primary N) is 1. The van der Waals surface area contributed by atoms with Crippen molar-refractivity contribution in [1.82, 2.24) is 5.32 Å². The summed E-state index contributed by atoms with van der Waals surface area (Å²) in [4.78, 5) is 11.6. The fourth-order valence-electron chi connectivity index (χ4n) is 2.74. The van der Waals surface area contributed by atoms with Crippen molar-refractivity contribution >= 4 is 17.4 Å². The Balaban J connectivity index is 2.07. The molecule has 10 heteroatoms. The van der Waals surface area contributed by atoms with Crippen LogP contribution in [0.4, 0.5) is 23.2 Å². The van der Waals surface area contributed by atoms with Gasteiger partial charge in [0, 0.05) is 17.9 Å². The molecule has 1 amide bonds. The average Bonchev–Trinajstić information content (AvgIpc) is 2.55. The van der Waals surface area contributed by atoms with Gasteiger partial charge in [-0.2, -0.15) is 13.2 Å². The molecule has 1 saturated carbocycles. The number of anilines is 1. The zero-order chi connectivity index (χ0) is 20.2. The first-order valence-electron chi connectivity index (χ1n) is 8.24. The number of amides is 1. The summed E-state index contributed by atoms with van der Waals surface area (Å²) in [6, 6.07) is 2.09. The lowest BCUT2D eigenvalue weighted by atomic mass is 9.93. The van der Waals surface area contributed by atoms with E-state index in [0.717, 1.165) is 6.07 Å². The molecule has 1 aromatic rings. The van der Waals surface area contributed by atoms with E-state index < -0.39 is 29.3 Å². The third-order valence-electron chi connectivity index (χ3n) is 4.24. The average molecular weight is 388 g/mol. The summed E-state index contributed by atoms with van der Waals surface area (Å²) >= 11 is 0. The summed E-state index contributed by atoms with van der Waals surface area (Å²) in [6.07, 6.45) is -1.36. The molecule has 27 heavy (non-hydrogen) atoms. The minimum atomic E-state index is -4.83. The first-order valence-corrected chi connectivity index (χ1v) is 8.24. The van der Waals surface area contributed by atoms with Crippen molar-refractivity contribution in [2.24, 2.45) is 5.73 Å². The Labute approximate surface area is 152 Å². The van der Waals surface area contributed by atoms with E-state index in [0.29, 0.717) is 37.8 Å². The lowest BCUT2D eigenvalue weighted by Gasteiger charge is -2.25. The molecule has 0 saturated heterocycles. The molecule has 6 N–H and O–H groups in total. The van der Waals surface area contributed by atoms with Gasteiger partial charge in [0.25, 0.3) is 5.91 Å². The van der Waals surface area contributed by atoms with Crippen LogP contribution in [0.2, 0.25) is 0 Å². The van der Waals surface area contributed by atoms with E-state index in [2.05, 4.69) is 10.6 Å². The minimum Gasteiger partial charge on any atom is -0.393 e. The number of rotatable bonds is 5. The van der Waals surface area contributed by atoms with Crippen LogP contribution in [0.25, 0.3) is 0 Å². The molecule has 2 rings (SSSR count). The van der Waals surface area contributed by atoms with Gasteiger partial charge in [0.1, 0.15) is 11.7 Å². The van der Waals surface area contributed by atoms with Crippen LogP contribution in [-0.4, -0.2) is 29.0 Å². The van der Waals surface area contributed by atoms with Crippen LogP contribution in [0.15, 0.2) is 30.0 Å². The number of alkyl halides is 3. The summed E-state index contributed by atoms with van der Waals surface area (Å²) in [7, 11) is 0. The van der Waals surface area contributed by atoms with Crippen LogP contribution in [0.1, 0.15) is 31.2 Å². The highest BCUT2D eigenvalue weighted by atomic mass is 19.4. The number of carbonyl (C=O) groups is 1. The highest BCUT2D eigenvalue weighted by molar-refractivity contribution is 6.23. The SMILES string of the molecule is N=C(Nc1ccc(C(F)(F)F)c(F)c1)/C(=C\N[C@H]1CC[C@@H](O)CC1)C(N)=O. The van der Waals surface area contributed by atoms with Gasteiger partial charge in [-0.3, -0.25) is 10.2 Å². The number of benzene rings is 1. The molecule has 1 aliphatic carbocycles. The maximum Gasteiger partial charge on any atom is 0.419 e. The van der Waals surface area contributed by atoms with Crippen molar-refractivity contribution < 1.29 is 27.5 Å². The number of aliphatic hydroxyl groups is 1. The molecular weight excluding hydrogens is 368 g/mol. The number of hydrogen-bond acceptors (Lipinski definition) is 4. The molecule has 1 aliphatic rings. The van der Waals surface area contributed by atoms with E-state index in [1.807, 2.05) is 0 Å². The van der Waals surface area contributed by atoms with Crippen molar-refractivity contribution in [3.63, 3.8) is 0 Å². The summed E-state index contributed by atoms with van der Waals surface area (Å²) < 4.78 is 51.4. The van der Waals surface area contributed by atoms with Crippen molar-refractivity contribution in [3.05, 3.63) is 41.4 Å². The Morgan fingerprint density at radius 3 is 2.41 bits per heavy atom. The highest BCUT2D eigenvalue weighted by Gasteiger charge is 2.34. The third kappa shape index (κ3) is 5.68. The van der Waals surface area contributed by atoms with Crippen LogP contribution in [0, 0.1) is 11.2 Å². The van der Waals surface area contributed by atoms with E-state index in [1.54, 1.807) is 0 Å². The molecule has 1 fully saturated rings. The molecule has 0 unspecified atom stereocenters. The van der Waals surface area contributed by atoms with Crippen molar-refractivity contribution in [2.75, 3.05) is 5.32 Å². The Hall–Kier alpha value is -2.62. The molecule has 0 bridgehead atoms. The van der Waals surface area contributed by atoms with Crippen LogP contribution in [0.3, 0.4) is 0 Å². The Bertz CT molecular complexity index is 741. The number of halogens is 4. The summed E-state index contributed by atoms with van der Waals surface area (Å²) in [5.74, 6) is -2.91. The van der Waals surface area contributed by atoms with Crippen molar-refractivity contribution in [1.29, 1.82) is 5.41 Å². The summed E-state index contributed by atoms with van der Waals surface area (Å²) in [6.45, 7) is 0. The van der Waals surface area contributed by atoms with E-state index in [9.17, 15) is 27.5 Å². The second-order valence-electron chi connectivity index (χ2n) is 6.29. The summed E-state index contributed by atoms with van der Waals surface area (Å²) in [5.41, 5.74) is 3.46. The van der Waals surface area contributed by atoms with Crippen LogP contribution < -0.4 is 16.4 Å². The third-order valence-corrected chi connectivity index (χ3v) is 4.24. The Morgan fingerprint density at radius 2 is 1.89 bits per heavy atom. The molecule has 0 heterocycles. The van der Waals surface area contributed by atoms with Gasteiger partial charge >= 0.3 is 6.18 Å². The molecular formula is C17H20F4N4O2. The van der Waals surface area contributed by atoms with E-state index in [-0.39, 0.29) is 23.4 Å². The largest absolute Gasteiger partial charge is 0.419 e. The molecule has 0 aliphatic heterocycles. The zero-order valence-corrected chi connectivity index (χ0v) is 14.2. The molecule has 148 valence electrons. The van der Waals surface area contributed by atoms with Gasteiger partial charge in [0.2, 0.25) is 0 Å². The monoisotopic (exact) mass is 388 g/mol. The number of hydrogen-bond donors (Lipinski definition) is 5. The first-order chi connectivity index (χ1) is 12.6. The van der Waals surface area contributed by atoms with Crippen LogP contribution >= 0.6 is 0 Å². The van der Waals surface area contributed by atoms with Crippen molar-refractivity contribution in [3.8, 4) is 0 Å². The van der Waals surface area contributed by atoms with Gasteiger partial charge in [0.05, 0.1) is 17.2 Å². The normalized spacial score (nSPS) is 20.9. The predicted molar refractivity (Wildman–Crippen MR) is 91.4 cm³/mol. The van der Waals surface area contributed by atoms with E-state index in [4.69, 9.17) is 11.1 Å². The minimum absolute atomic E-state index is 0.000867. The lowest BCUT2D eigenvalue weighted by molar-refractivity contribution is -0.140. The number of amidine groups is 1. The van der Waals surface area contributed by atoms with Gasteiger partial charge < -0.3 is 21.5 Å². The van der Waals surface area contributed by atoms with Crippen LogP contribution in [0.5, 0.6) is 0 Å². The molecule has 6 nitrogen and oxygen atoms in total. The van der Waals surface area contributed by atoms with Crippen molar-refractivity contribution in [2.45, 2.75) is 44.0 Å². The molecule has 0 atom stereocenters.